The molecular weight excluding hydrogens is 368 g/mol. The van der Waals surface area contributed by atoms with Gasteiger partial charge in [-0.25, -0.2) is 4.98 Å². The fourth-order valence-corrected chi connectivity index (χ4v) is 3.25. The maximum Gasteiger partial charge on any atom is 0.296 e. The molecule has 1 heterocycles. The van der Waals surface area contributed by atoms with E-state index in [1.165, 1.54) is 25.3 Å². The van der Waals surface area contributed by atoms with Crippen LogP contribution < -0.4 is 10.1 Å². The van der Waals surface area contributed by atoms with Crippen molar-refractivity contribution in [3.63, 3.8) is 0 Å². The maximum absolute atomic E-state index is 12.3. The molecule has 0 radical (unpaired) electrons. The zero-order valence-electron chi connectivity index (χ0n) is 15.3. The number of carbonyl (C=O) groups is 1. The minimum absolute atomic E-state index is 0.0349. The van der Waals surface area contributed by atoms with Gasteiger partial charge in [0.05, 0.1) is 29.4 Å². The molecule has 27 heavy (non-hydrogen) atoms. The summed E-state index contributed by atoms with van der Waals surface area (Å²) in [5.74, 6) is -0.148. The van der Waals surface area contributed by atoms with Gasteiger partial charge in [0.25, 0.3) is 5.69 Å². The van der Waals surface area contributed by atoms with Crippen molar-refractivity contribution in [2.45, 2.75) is 25.8 Å². The summed E-state index contributed by atoms with van der Waals surface area (Å²) in [5, 5.41) is 23.6. The van der Waals surface area contributed by atoms with Gasteiger partial charge in [-0.2, -0.15) is 5.26 Å². The molecule has 2 aromatic rings. The number of nitrogens with one attached hydrogen (secondary N) is 1. The minimum Gasteiger partial charge on any atom is -0.496 e. The summed E-state index contributed by atoms with van der Waals surface area (Å²) < 4.78 is 4.97. The van der Waals surface area contributed by atoms with E-state index >= 15 is 0 Å². The minimum atomic E-state index is -0.590. The molecule has 0 bridgehead atoms. The van der Waals surface area contributed by atoms with Crippen molar-refractivity contribution in [1.29, 1.82) is 5.26 Å². The number of carbonyl (C=O) groups excluding carboxylic acids is 1. The van der Waals surface area contributed by atoms with Crippen LogP contribution in [-0.2, 0) is 4.79 Å². The lowest BCUT2D eigenvalue weighted by molar-refractivity contribution is -0.384. The van der Waals surface area contributed by atoms with Crippen LogP contribution in [0, 0.1) is 42.2 Å². The van der Waals surface area contributed by atoms with Crippen LogP contribution in [0.1, 0.15) is 22.4 Å². The van der Waals surface area contributed by atoms with Gasteiger partial charge < -0.3 is 10.1 Å². The third-order valence-corrected chi connectivity index (χ3v) is 5.07. The number of anilines is 1. The number of aromatic nitrogens is 1. The molecule has 8 nitrogen and oxygen atoms in total. The van der Waals surface area contributed by atoms with Crippen LogP contribution in [0.5, 0.6) is 5.75 Å². The number of thioether (sulfide) groups is 1. The molecule has 2 rings (SSSR count). The highest BCUT2D eigenvalue weighted by atomic mass is 32.2. The topological polar surface area (TPSA) is 118 Å². The van der Waals surface area contributed by atoms with E-state index in [-0.39, 0.29) is 17.1 Å². The maximum atomic E-state index is 12.3. The molecule has 9 heteroatoms. The van der Waals surface area contributed by atoms with Crippen LogP contribution in [0.25, 0.3) is 0 Å². The molecule has 0 unspecified atom stereocenters. The van der Waals surface area contributed by atoms with Gasteiger partial charge in [-0.1, -0.05) is 11.8 Å². The van der Waals surface area contributed by atoms with E-state index in [9.17, 15) is 20.2 Å². The smallest absolute Gasteiger partial charge is 0.296 e. The average molecular weight is 386 g/mol. The standard InChI is InChI=1S/C18H18N4O4S/c1-10-11(2)14(8-19)18(20-12(10)3)27-9-17(23)21-15-6-5-13(26-4)7-16(15)22(24)25/h5-7H,9H2,1-4H3,(H,21,23). The van der Waals surface area contributed by atoms with E-state index < -0.39 is 10.8 Å². The third kappa shape index (κ3) is 4.54. The fourth-order valence-electron chi connectivity index (χ4n) is 2.36. The van der Waals surface area contributed by atoms with Gasteiger partial charge in [0.1, 0.15) is 22.5 Å². The first-order valence-electron chi connectivity index (χ1n) is 7.91. The largest absolute Gasteiger partial charge is 0.496 e. The molecule has 1 N–H and O–H groups in total. The molecular formula is C18H18N4O4S. The Bertz CT molecular complexity index is 953. The van der Waals surface area contributed by atoms with Gasteiger partial charge in [-0.05, 0) is 44.0 Å². The number of methoxy groups -OCH3 is 1. The Morgan fingerprint density at radius 1 is 1.37 bits per heavy atom. The Hall–Kier alpha value is -3.12. The summed E-state index contributed by atoms with van der Waals surface area (Å²) in [6.45, 7) is 5.57. The van der Waals surface area contributed by atoms with Crippen LogP contribution in [0.2, 0.25) is 0 Å². The number of hydrogen-bond acceptors (Lipinski definition) is 7. The number of nitro benzene ring substituents is 1. The first kappa shape index (κ1) is 20.2. The summed E-state index contributed by atoms with van der Waals surface area (Å²) in [5.41, 5.74) is 2.82. The third-order valence-electron chi connectivity index (χ3n) is 4.09. The van der Waals surface area contributed by atoms with Gasteiger partial charge in [0.15, 0.2) is 0 Å². The predicted octanol–water partition coefficient (Wildman–Crippen LogP) is 3.53. The quantitative estimate of drug-likeness (QED) is 0.458. The molecule has 0 spiro atoms. The second kappa shape index (κ2) is 8.51. The number of pyridine rings is 1. The Balaban J connectivity index is 2.17. The highest BCUT2D eigenvalue weighted by Crippen LogP contribution is 2.30. The molecule has 0 saturated carbocycles. The molecule has 1 amide bonds. The van der Waals surface area contributed by atoms with Crippen molar-refractivity contribution >= 4 is 29.0 Å². The first-order chi connectivity index (χ1) is 12.8. The number of ether oxygens (including phenoxy) is 1. The zero-order chi connectivity index (χ0) is 20.1. The number of aryl methyl sites for hydroxylation is 1. The Kier molecular flexibility index (Phi) is 6.36. The Labute approximate surface area is 160 Å². The van der Waals surface area contributed by atoms with Gasteiger partial charge in [0.2, 0.25) is 5.91 Å². The van der Waals surface area contributed by atoms with E-state index in [0.717, 1.165) is 28.6 Å². The van der Waals surface area contributed by atoms with E-state index in [1.54, 1.807) is 0 Å². The Morgan fingerprint density at radius 2 is 2.07 bits per heavy atom. The molecule has 1 aromatic carbocycles. The number of rotatable bonds is 6. The number of hydrogen-bond donors (Lipinski definition) is 1. The highest BCUT2D eigenvalue weighted by molar-refractivity contribution is 8.00. The first-order valence-corrected chi connectivity index (χ1v) is 8.90. The Morgan fingerprint density at radius 3 is 2.67 bits per heavy atom. The number of amides is 1. The zero-order valence-corrected chi connectivity index (χ0v) is 16.1. The summed E-state index contributed by atoms with van der Waals surface area (Å²) in [4.78, 5) is 27.2. The number of nitro groups is 1. The monoisotopic (exact) mass is 386 g/mol. The van der Waals surface area contributed by atoms with Crippen molar-refractivity contribution in [1.82, 2.24) is 4.98 Å². The van der Waals surface area contributed by atoms with Crippen molar-refractivity contribution in [3.05, 3.63) is 50.7 Å². The van der Waals surface area contributed by atoms with Crippen molar-refractivity contribution in [3.8, 4) is 11.8 Å². The molecule has 0 atom stereocenters. The van der Waals surface area contributed by atoms with E-state index in [0.29, 0.717) is 16.3 Å². The van der Waals surface area contributed by atoms with Crippen LogP contribution in [-0.4, -0.2) is 28.7 Å². The van der Waals surface area contributed by atoms with Gasteiger partial charge in [-0.15, -0.1) is 0 Å². The second-order valence-electron chi connectivity index (χ2n) is 5.72. The molecule has 0 fully saturated rings. The van der Waals surface area contributed by atoms with Gasteiger partial charge in [-0.3, -0.25) is 14.9 Å². The molecule has 0 aliphatic carbocycles. The van der Waals surface area contributed by atoms with Crippen LogP contribution in [0.4, 0.5) is 11.4 Å². The van der Waals surface area contributed by atoms with E-state index in [2.05, 4.69) is 16.4 Å². The fraction of sp³-hybridized carbons (Fsp3) is 0.278. The van der Waals surface area contributed by atoms with E-state index in [4.69, 9.17) is 4.74 Å². The molecule has 0 aliphatic rings. The van der Waals surface area contributed by atoms with Crippen molar-refractivity contribution in [2.75, 3.05) is 18.2 Å². The number of nitrogens with zero attached hydrogens (tertiary/aromatic N) is 3. The molecule has 0 aliphatic heterocycles. The lowest BCUT2D eigenvalue weighted by Crippen LogP contribution is -2.15. The summed E-state index contributed by atoms with van der Waals surface area (Å²) >= 11 is 1.12. The lowest BCUT2D eigenvalue weighted by Gasteiger charge is -2.11. The molecule has 1 aromatic heterocycles. The molecule has 140 valence electrons. The number of nitriles is 1. The average Bonchev–Trinajstić information content (AvgIpc) is 2.64. The highest BCUT2D eigenvalue weighted by Gasteiger charge is 2.19. The molecule has 0 saturated heterocycles. The summed E-state index contributed by atoms with van der Waals surface area (Å²) in [6.07, 6.45) is 0. The van der Waals surface area contributed by atoms with Crippen molar-refractivity contribution < 1.29 is 14.5 Å². The van der Waals surface area contributed by atoms with Crippen molar-refractivity contribution in [2.24, 2.45) is 0 Å². The van der Waals surface area contributed by atoms with Crippen LogP contribution in [0.15, 0.2) is 23.2 Å². The normalized spacial score (nSPS) is 10.2. The number of benzene rings is 1. The van der Waals surface area contributed by atoms with Gasteiger partial charge in [0, 0.05) is 5.69 Å². The second-order valence-corrected chi connectivity index (χ2v) is 6.68. The van der Waals surface area contributed by atoms with E-state index in [1.807, 2.05) is 20.8 Å². The lowest BCUT2D eigenvalue weighted by atomic mass is 10.1. The van der Waals surface area contributed by atoms with Crippen LogP contribution in [0.3, 0.4) is 0 Å². The SMILES string of the molecule is COc1ccc(NC(=O)CSc2nc(C)c(C)c(C)c2C#N)c([N+](=O)[O-])c1. The summed E-state index contributed by atoms with van der Waals surface area (Å²) in [7, 11) is 1.40. The van der Waals surface area contributed by atoms with Gasteiger partial charge >= 0.3 is 0 Å². The van der Waals surface area contributed by atoms with Crippen LogP contribution >= 0.6 is 11.8 Å². The predicted molar refractivity (Wildman–Crippen MR) is 102 cm³/mol. The summed E-state index contributed by atoms with van der Waals surface area (Å²) in [6, 6.07) is 6.31.